The van der Waals surface area contributed by atoms with E-state index in [0.29, 0.717) is 23.7 Å². The van der Waals surface area contributed by atoms with Crippen LogP contribution in [0.3, 0.4) is 0 Å². The maximum atomic E-state index is 12.2. The normalized spacial score (nSPS) is 13.6. The first-order chi connectivity index (χ1) is 15.7. The van der Waals surface area contributed by atoms with Gasteiger partial charge in [0, 0.05) is 32.0 Å². The van der Waals surface area contributed by atoms with Crippen LogP contribution >= 0.6 is 0 Å². The third-order valence-electron chi connectivity index (χ3n) is 5.96. The maximum absolute atomic E-state index is 12.2. The number of allylic oxidation sites excluding steroid dienone is 2. The molecule has 1 amide bonds. The molecular weight excluding hydrogens is 414 g/mol. The summed E-state index contributed by atoms with van der Waals surface area (Å²) in [5.74, 6) is 1.73. The van der Waals surface area contributed by atoms with Crippen molar-refractivity contribution in [1.29, 1.82) is 0 Å². The Morgan fingerprint density at radius 1 is 1.24 bits per heavy atom. The second kappa shape index (κ2) is 13.0. The van der Waals surface area contributed by atoms with Crippen molar-refractivity contribution in [3.05, 3.63) is 42.1 Å². The van der Waals surface area contributed by atoms with Gasteiger partial charge in [-0.05, 0) is 45.6 Å². The Bertz CT molecular complexity index is 906. The summed E-state index contributed by atoms with van der Waals surface area (Å²) in [4.78, 5) is 27.4. The minimum atomic E-state index is -0.0524. The number of nitrogens with zero attached hydrogens (tertiary/aromatic N) is 5. The summed E-state index contributed by atoms with van der Waals surface area (Å²) in [6.07, 6.45) is 11.0. The van der Waals surface area contributed by atoms with E-state index in [-0.39, 0.29) is 18.5 Å². The molecule has 2 aromatic rings. The van der Waals surface area contributed by atoms with Gasteiger partial charge in [-0.2, -0.15) is 4.98 Å². The number of nitrogens with one attached hydrogen (secondary N) is 2. The Morgan fingerprint density at radius 3 is 2.70 bits per heavy atom. The van der Waals surface area contributed by atoms with E-state index in [9.17, 15) is 4.79 Å². The van der Waals surface area contributed by atoms with Crippen molar-refractivity contribution in [2.45, 2.75) is 72.9 Å². The molecule has 0 saturated heterocycles. The molecule has 33 heavy (non-hydrogen) atoms. The van der Waals surface area contributed by atoms with Crippen molar-refractivity contribution in [3.63, 3.8) is 0 Å². The van der Waals surface area contributed by atoms with Crippen LogP contribution in [0.15, 0.2) is 36.4 Å². The third kappa shape index (κ3) is 8.51. The van der Waals surface area contributed by atoms with Gasteiger partial charge >= 0.3 is 0 Å². The molecule has 0 spiro atoms. The minimum Gasteiger partial charge on any atom is -0.361 e. The molecule has 0 saturated carbocycles. The van der Waals surface area contributed by atoms with E-state index in [1.165, 1.54) is 5.57 Å². The van der Waals surface area contributed by atoms with Crippen molar-refractivity contribution in [2.75, 3.05) is 30.8 Å². The zero-order valence-corrected chi connectivity index (χ0v) is 21.3. The summed E-state index contributed by atoms with van der Waals surface area (Å²) >= 11 is 0. The standard InChI is InChI=1S/C25H41N7O/c1-8-9-14-31(7)24(33)15-27-23-12-13-26-25(30-23)29-21(6)22-16-32(17-28-22)20(5)11-10-19(4)18(2)3/h10,12-13,16-18,20-21H,8-9,11,14-15H2,1-7H3,(H2,26,27,29,30)/b19-10-/t20?,21-/m0/s1. The molecule has 1 unspecified atom stereocenters. The molecule has 0 aliphatic carbocycles. The van der Waals surface area contributed by atoms with Crippen molar-refractivity contribution in [2.24, 2.45) is 5.92 Å². The predicted octanol–water partition coefficient (Wildman–Crippen LogP) is 5.07. The van der Waals surface area contributed by atoms with Crippen molar-refractivity contribution in [3.8, 4) is 0 Å². The van der Waals surface area contributed by atoms with Gasteiger partial charge in [0.2, 0.25) is 11.9 Å². The molecule has 2 aromatic heterocycles. The van der Waals surface area contributed by atoms with Crippen molar-refractivity contribution < 1.29 is 4.79 Å². The fourth-order valence-corrected chi connectivity index (χ4v) is 3.15. The van der Waals surface area contributed by atoms with Gasteiger partial charge in [0.1, 0.15) is 5.82 Å². The lowest BCUT2D eigenvalue weighted by atomic mass is 10.0. The van der Waals surface area contributed by atoms with Crippen molar-refractivity contribution >= 4 is 17.7 Å². The molecule has 0 aliphatic rings. The van der Waals surface area contributed by atoms with Gasteiger partial charge in [-0.1, -0.05) is 38.8 Å². The molecule has 8 nitrogen and oxygen atoms in total. The predicted molar refractivity (Wildman–Crippen MR) is 135 cm³/mol. The summed E-state index contributed by atoms with van der Waals surface area (Å²) in [6, 6.07) is 2.05. The highest BCUT2D eigenvalue weighted by Crippen LogP contribution is 2.20. The van der Waals surface area contributed by atoms with Crippen LogP contribution in [0.25, 0.3) is 0 Å². The lowest BCUT2D eigenvalue weighted by molar-refractivity contribution is -0.128. The topological polar surface area (TPSA) is 88.0 Å². The van der Waals surface area contributed by atoms with Gasteiger partial charge in [-0.3, -0.25) is 4.79 Å². The molecule has 8 heteroatoms. The van der Waals surface area contributed by atoms with Crippen LogP contribution < -0.4 is 10.6 Å². The molecule has 0 radical (unpaired) electrons. The van der Waals surface area contributed by atoms with Crippen LogP contribution in [0.2, 0.25) is 0 Å². The first-order valence-corrected chi connectivity index (χ1v) is 12.0. The fraction of sp³-hybridized carbons (Fsp3) is 0.600. The van der Waals surface area contributed by atoms with E-state index >= 15 is 0 Å². The number of amides is 1. The van der Waals surface area contributed by atoms with E-state index in [1.807, 2.05) is 20.3 Å². The lowest BCUT2D eigenvalue weighted by Gasteiger charge is -2.17. The quantitative estimate of drug-likeness (QED) is 0.410. The lowest BCUT2D eigenvalue weighted by Crippen LogP contribution is -2.33. The van der Waals surface area contributed by atoms with Crippen LogP contribution in [0.1, 0.15) is 78.6 Å². The molecule has 2 atom stereocenters. The first kappa shape index (κ1) is 26.4. The first-order valence-electron chi connectivity index (χ1n) is 12.0. The number of hydrogen-bond donors (Lipinski definition) is 2. The van der Waals surface area contributed by atoms with Gasteiger partial charge in [0.15, 0.2) is 0 Å². The van der Waals surface area contributed by atoms with E-state index in [2.05, 4.69) is 77.0 Å². The number of hydrogen-bond acceptors (Lipinski definition) is 6. The van der Waals surface area contributed by atoms with Gasteiger partial charge in [-0.25, -0.2) is 9.97 Å². The Kier molecular flexibility index (Phi) is 10.4. The Balaban J connectivity index is 1.92. The molecule has 0 aliphatic heterocycles. The highest BCUT2D eigenvalue weighted by Gasteiger charge is 2.13. The van der Waals surface area contributed by atoms with Crippen LogP contribution in [-0.2, 0) is 4.79 Å². The third-order valence-corrected chi connectivity index (χ3v) is 5.96. The average molecular weight is 456 g/mol. The van der Waals surface area contributed by atoms with Crippen LogP contribution in [-0.4, -0.2) is 50.5 Å². The molecule has 2 rings (SSSR count). The number of likely N-dealkylation sites (N-methyl/N-ethyl adjacent to an activating group) is 1. The van der Waals surface area contributed by atoms with E-state index < -0.39 is 0 Å². The van der Waals surface area contributed by atoms with Gasteiger partial charge in [0.05, 0.1) is 24.6 Å². The van der Waals surface area contributed by atoms with Gasteiger partial charge < -0.3 is 20.1 Å². The minimum absolute atomic E-state index is 0.0445. The molecular formula is C25H41N7O. The van der Waals surface area contributed by atoms with Crippen LogP contribution in [0.5, 0.6) is 0 Å². The number of rotatable bonds is 13. The molecule has 182 valence electrons. The number of aromatic nitrogens is 4. The van der Waals surface area contributed by atoms with Gasteiger partial charge in [-0.15, -0.1) is 0 Å². The summed E-state index contributed by atoms with van der Waals surface area (Å²) in [7, 11) is 1.83. The molecule has 0 fully saturated rings. The van der Waals surface area contributed by atoms with E-state index in [4.69, 9.17) is 0 Å². The average Bonchev–Trinajstić information content (AvgIpc) is 3.30. The Morgan fingerprint density at radius 2 is 2.00 bits per heavy atom. The van der Waals surface area contributed by atoms with Crippen LogP contribution in [0.4, 0.5) is 11.8 Å². The number of carbonyl (C=O) groups is 1. The zero-order valence-electron chi connectivity index (χ0n) is 21.3. The second-order valence-corrected chi connectivity index (χ2v) is 9.09. The number of imidazole rings is 1. The number of unbranched alkanes of at least 4 members (excludes halogenated alkanes) is 1. The van der Waals surface area contributed by atoms with Crippen LogP contribution in [0, 0.1) is 5.92 Å². The Hall–Kier alpha value is -2.90. The summed E-state index contributed by atoms with van der Waals surface area (Å²) < 4.78 is 2.15. The monoisotopic (exact) mass is 455 g/mol. The highest BCUT2D eigenvalue weighted by molar-refractivity contribution is 5.80. The van der Waals surface area contributed by atoms with Crippen molar-refractivity contribution in [1.82, 2.24) is 24.4 Å². The Labute approximate surface area is 198 Å². The largest absolute Gasteiger partial charge is 0.361 e. The van der Waals surface area contributed by atoms with Gasteiger partial charge in [0.25, 0.3) is 0 Å². The molecule has 2 N–H and O–H groups in total. The number of anilines is 2. The van der Waals surface area contributed by atoms with E-state index in [1.54, 1.807) is 17.2 Å². The highest BCUT2D eigenvalue weighted by atomic mass is 16.2. The fourth-order valence-electron chi connectivity index (χ4n) is 3.15. The summed E-state index contributed by atoms with van der Waals surface area (Å²) in [5.41, 5.74) is 2.35. The van der Waals surface area contributed by atoms with E-state index in [0.717, 1.165) is 31.5 Å². The number of carbonyl (C=O) groups excluding carboxylic acids is 1. The molecule has 0 bridgehead atoms. The second-order valence-electron chi connectivity index (χ2n) is 9.09. The smallest absolute Gasteiger partial charge is 0.241 e. The molecule has 2 heterocycles. The zero-order chi connectivity index (χ0) is 24.4. The maximum Gasteiger partial charge on any atom is 0.241 e. The summed E-state index contributed by atoms with van der Waals surface area (Å²) in [5, 5.41) is 6.41. The molecule has 0 aromatic carbocycles. The SMILES string of the molecule is CCCCN(C)C(=O)CNc1ccnc(N[C@@H](C)c2cn(C(C)C/C=C(/C)C(C)C)cn2)n1. The summed E-state index contributed by atoms with van der Waals surface area (Å²) in [6.45, 7) is 14.0.